The van der Waals surface area contributed by atoms with Crippen LogP contribution in [-0.4, -0.2) is 42.9 Å². The number of nitrogens with one attached hydrogen (secondary N) is 2. The molecule has 5 rings (SSSR count). The van der Waals surface area contributed by atoms with Gasteiger partial charge in [-0.2, -0.15) is 0 Å². The average Bonchev–Trinajstić information content (AvgIpc) is 3.02. The van der Waals surface area contributed by atoms with E-state index in [1.165, 1.54) is 0 Å². The van der Waals surface area contributed by atoms with Gasteiger partial charge in [0, 0.05) is 48.5 Å². The molecule has 4 aromatic rings. The second kappa shape index (κ2) is 10.7. The standard InChI is InChI=1S/C28H28N6O3S/c1-3-31-38(36,37)25-14-13-22(16-19(25)11-12-21-8-6-7-15-29-21)32-28-30-18-20-17-26(35)34(2)24-10-5-4-9-23(24)27(20)33-28/h4-10,13-16,18,31H,3,11-12,17H2,1-2H3,(H,30,32,33). The van der Waals surface area contributed by atoms with Gasteiger partial charge in [-0.3, -0.25) is 9.78 Å². The van der Waals surface area contributed by atoms with Crippen molar-refractivity contribution in [1.29, 1.82) is 0 Å². The maximum atomic E-state index is 12.9. The van der Waals surface area contributed by atoms with Crippen LogP contribution in [0.4, 0.5) is 17.3 Å². The Morgan fingerprint density at radius 2 is 1.82 bits per heavy atom. The normalized spacial score (nSPS) is 13.0. The van der Waals surface area contributed by atoms with Gasteiger partial charge in [0.1, 0.15) is 0 Å². The van der Waals surface area contributed by atoms with Crippen molar-refractivity contribution in [3.05, 3.63) is 89.9 Å². The Hall–Kier alpha value is -4.15. The highest BCUT2D eigenvalue weighted by molar-refractivity contribution is 7.89. The number of benzene rings is 2. The Labute approximate surface area is 222 Å². The van der Waals surface area contributed by atoms with E-state index in [0.717, 1.165) is 22.5 Å². The summed E-state index contributed by atoms with van der Waals surface area (Å²) in [6.45, 7) is 2.05. The molecule has 2 aromatic heterocycles. The molecule has 0 fully saturated rings. The van der Waals surface area contributed by atoms with Gasteiger partial charge >= 0.3 is 0 Å². The third kappa shape index (κ3) is 5.27. The SMILES string of the molecule is CCNS(=O)(=O)c1ccc(Nc2ncc3c(n2)-c2ccccc2N(C)C(=O)C3)cc1CCc1ccccn1. The van der Waals surface area contributed by atoms with Crippen molar-refractivity contribution < 1.29 is 13.2 Å². The first kappa shape index (κ1) is 25.5. The van der Waals surface area contributed by atoms with Crippen LogP contribution >= 0.6 is 0 Å². The number of para-hydroxylation sites is 1. The zero-order valence-corrected chi connectivity index (χ0v) is 22.0. The Balaban J connectivity index is 1.49. The number of rotatable bonds is 8. The van der Waals surface area contributed by atoms with Crippen LogP contribution in [0.1, 0.15) is 23.7 Å². The van der Waals surface area contributed by atoms with E-state index >= 15 is 0 Å². The van der Waals surface area contributed by atoms with E-state index in [-0.39, 0.29) is 17.2 Å². The lowest BCUT2D eigenvalue weighted by Gasteiger charge is -2.17. The van der Waals surface area contributed by atoms with E-state index in [2.05, 4.69) is 20.0 Å². The number of hydrogen-bond acceptors (Lipinski definition) is 7. The molecular formula is C28H28N6O3S. The maximum absolute atomic E-state index is 12.9. The average molecular weight is 529 g/mol. The minimum atomic E-state index is -3.66. The fourth-order valence-corrected chi connectivity index (χ4v) is 5.82. The van der Waals surface area contributed by atoms with Gasteiger partial charge in [-0.25, -0.2) is 23.1 Å². The third-order valence-electron chi connectivity index (χ3n) is 6.42. The lowest BCUT2D eigenvalue weighted by atomic mass is 10.1. The smallest absolute Gasteiger partial charge is 0.240 e. The highest BCUT2D eigenvalue weighted by Crippen LogP contribution is 2.35. The summed E-state index contributed by atoms with van der Waals surface area (Å²) in [7, 11) is -1.90. The number of carbonyl (C=O) groups excluding carboxylic acids is 1. The predicted molar refractivity (Wildman–Crippen MR) is 147 cm³/mol. The van der Waals surface area contributed by atoms with Crippen LogP contribution in [0.15, 0.2) is 78.0 Å². The summed E-state index contributed by atoms with van der Waals surface area (Å²) in [5, 5.41) is 3.23. The summed E-state index contributed by atoms with van der Waals surface area (Å²) >= 11 is 0. The Morgan fingerprint density at radius 3 is 2.61 bits per heavy atom. The van der Waals surface area contributed by atoms with Crippen molar-refractivity contribution in [2.45, 2.75) is 31.1 Å². The van der Waals surface area contributed by atoms with Crippen molar-refractivity contribution >= 4 is 33.3 Å². The molecule has 9 nitrogen and oxygen atoms in total. The number of anilines is 3. The van der Waals surface area contributed by atoms with E-state index in [9.17, 15) is 13.2 Å². The van der Waals surface area contributed by atoms with Crippen LogP contribution in [-0.2, 0) is 34.1 Å². The predicted octanol–water partition coefficient (Wildman–Crippen LogP) is 3.88. The molecule has 2 aromatic carbocycles. The number of pyridine rings is 1. The summed E-state index contributed by atoms with van der Waals surface area (Å²) < 4.78 is 28.4. The van der Waals surface area contributed by atoms with Crippen LogP contribution < -0.4 is 14.9 Å². The molecule has 0 unspecified atom stereocenters. The molecule has 1 aliphatic heterocycles. The lowest BCUT2D eigenvalue weighted by Crippen LogP contribution is -2.26. The van der Waals surface area contributed by atoms with Gasteiger partial charge in [-0.1, -0.05) is 31.2 Å². The number of likely N-dealkylation sites (N-methyl/N-ethyl adjacent to an activating group) is 1. The van der Waals surface area contributed by atoms with E-state index in [1.807, 2.05) is 48.5 Å². The molecular weight excluding hydrogens is 500 g/mol. The molecule has 1 aliphatic rings. The first-order chi connectivity index (χ1) is 18.4. The molecule has 0 saturated carbocycles. The van der Waals surface area contributed by atoms with Gasteiger partial charge in [0.2, 0.25) is 21.9 Å². The zero-order chi connectivity index (χ0) is 26.7. The molecule has 0 saturated heterocycles. The molecule has 1 amide bonds. The molecule has 38 heavy (non-hydrogen) atoms. The zero-order valence-electron chi connectivity index (χ0n) is 21.2. The summed E-state index contributed by atoms with van der Waals surface area (Å²) in [5.74, 6) is 0.323. The fraction of sp³-hybridized carbons (Fsp3) is 0.214. The van der Waals surface area contributed by atoms with E-state index in [4.69, 9.17) is 4.98 Å². The summed E-state index contributed by atoms with van der Waals surface area (Å²) in [5.41, 5.74) is 5.28. The number of aromatic nitrogens is 3. The number of fused-ring (bicyclic) bond motifs is 3. The van der Waals surface area contributed by atoms with E-state index < -0.39 is 10.0 Å². The van der Waals surface area contributed by atoms with Gasteiger partial charge in [0.25, 0.3) is 0 Å². The number of carbonyl (C=O) groups is 1. The first-order valence-electron chi connectivity index (χ1n) is 12.4. The summed E-state index contributed by atoms with van der Waals surface area (Å²) in [6, 6.07) is 18.4. The van der Waals surface area contributed by atoms with Gasteiger partial charge in [-0.15, -0.1) is 0 Å². The Kier molecular flexibility index (Phi) is 7.17. The van der Waals surface area contributed by atoms with Crippen molar-refractivity contribution in [3.8, 4) is 11.3 Å². The van der Waals surface area contributed by atoms with Crippen LogP contribution in [0.5, 0.6) is 0 Å². The quantitative estimate of drug-likeness (QED) is 0.356. The third-order valence-corrected chi connectivity index (χ3v) is 8.06. The number of sulfonamides is 1. The number of nitrogens with zero attached hydrogens (tertiary/aromatic N) is 4. The van der Waals surface area contributed by atoms with Crippen LogP contribution in [0, 0.1) is 0 Å². The summed E-state index contributed by atoms with van der Waals surface area (Å²) in [4.78, 5) is 28.1. The van der Waals surface area contributed by atoms with Crippen molar-refractivity contribution in [2.75, 3.05) is 23.8 Å². The highest BCUT2D eigenvalue weighted by atomic mass is 32.2. The lowest BCUT2D eigenvalue weighted by molar-refractivity contribution is -0.117. The van der Waals surface area contributed by atoms with Crippen LogP contribution in [0.25, 0.3) is 11.3 Å². The van der Waals surface area contributed by atoms with Crippen molar-refractivity contribution in [1.82, 2.24) is 19.7 Å². The molecule has 2 N–H and O–H groups in total. The highest BCUT2D eigenvalue weighted by Gasteiger charge is 2.25. The Bertz CT molecular complexity index is 1590. The second-order valence-corrected chi connectivity index (χ2v) is 10.7. The second-order valence-electron chi connectivity index (χ2n) is 8.98. The summed E-state index contributed by atoms with van der Waals surface area (Å²) in [6.07, 6.45) is 4.68. The minimum Gasteiger partial charge on any atom is -0.324 e. The fourth-order valence-electron chi connectivity index (χ4n) is 4.53. The van der Waals surface area contributed by atoms with Gasteiger partial charge < -0.3 is 10.2 Å². The van der Waals surface area contributed by atoms with E-state index in [0.29, 0.717) is 42.3 Å². The molecule has 10 heteroatoms. The topological polar surface area (TPSA) is 117 Å². The molecule has 3 heterocycles. The Morgan fingerprint density at radius 1 is 1.00 bits per heavy atom. The molecule has 194 valence electrons. The van der Waals surface area contributed by atoms with Gasteiger partial charge in [-0.05, 0) is 54.8 Å². The van der Waals surface area contributed by atoms with Crippen LogP contribution in [0.2, 0.25) is 0 Å². The number of hydrogen-bond donors (Lipinski definition) is 2. The van der Waals surface area contributed by atoms with Gasteiger partial charge in [0.15, 0.2) is 0 Å². The number of aryl methyl sites for hydroxylation is 2. The van der Waals surface area contributed by atoms with Crippen molar-refractivity contribution in [2.24, 2.45) is 0 Å². The van der Waals surface area contributed by atoms with Crippen LogP contribution in [0.3, 0.4) is 0 Å². The molecule has 0 spiro atoms. The number of amides is 1. The largest absolute Gasteiger partial charge is 0.324 e. The molecule has 0 atom stereocenters. The van der Waals surface area contributed by atoms with E-state index in [1.54, 1.807) is 43.4 Å². The first-order valence-corrected chi connectivity index (χ1v) is 13.9. The monoisotopic (exact) mass is 528 g/mol. The van der Waals surface area contributed by atoms with Gasteiger partial charge in [0.05, 0.1) is 22.7 Å². The molecule has 0 radical (unpaired) electrons. The molecule has 0 aliphatic carbocycles. The van der Waals surface area contributed by atoms with Crippen molar-refractivity contribution in [3.63, 3.8) is 0 Å². The maximum Gasteiger partial charge on any atom is 0.240 e. The molecule has 0 bridgehead atoms. The minimum absolute atomic E-state index is 0.0319.